The summed E-state index contributed by atoms with van der Waals surface area (Å²) >= 11 is 12.5. The van der Waals surface area contributed by atoms with Gasteiger partial charge in [0.2, 0.25) is 0 Å². The van der Waals surface area contributed by atoms with Crippen molar-refractivity contribution >= 4 is 23.2 Å². The quantitative estimate of drug-likeness (QED) is 0.935. The van der Waals surface area contributed by atoms with Crippen molar-refractivity contribution in [2.45, 2.75) is 19.4 Å². The lowest BCUT2D eigenvalue weighted by molar-refractivity contribution is 0.589. The average Bonchev–Trinajstić information content (AvgIpc) is 2.68. The van der Waals surface area contributed by atoms with Crippen LogP contribution in [0.1, 0.15) is 22.9 Å². The van der Waals surface area contributed by atoms with Crippen molar-refractivity contribution in [3.63, 3.8) is 0 Å². The molecule has 0 saturated heterocycles. The summed E-state index contributed by atoms with van der Waals surface area (Å²) in [6, 6.07) is 5.74. The summed E-state index contributed by atoms with van der Waals surface area (Å²) in [5.41, 5.74) is 3.15. The molecule has 2 aromatic rings. The molecule has 102 valence electrons. The number of nitrogens with zero attached hydrogens (tertiary/aromatic N) is 2. The number of hydrogen-bond acceptors (Lipinski definition) is 2. The molecule has 1 aromatic heterocycles. The summed E-state index contributed by atoms with van der Waals surface area (Å²) in [4.78, 5) is 0. The molecule has 2 rings (SSSR count). The smallest absolute Gasteiger partial charge is 0.0641 e. The zero-order valence-electron chi connectivity index (χ0n) is 11.2. The predicted octanol–water partition coefficient (Wildman–Crippen LogP) is 3.54. The third kappa shape index (κ3) is 3.11. The van der Waals surface area contributed by atoms with Gasteiger partial charge in [-0.05, 0) is 38.1 Å². The van der Waals surface area contributed by atoms with Gasteiger partial charge < -0.3 is 5.32 Å². The maximum atomic E-state index is 6.23. The molecular weight excluding hydrogens is 281 g/mol. The lowest BCUT2D eigenvalue weighted by atomic mass is 9.99. The van der Waals surface area contributed by atoms with Gasteiger partial charge in [-0.15, -0.1) is 0 Å². The first kappa shape index (κ1) is 14.4. The van der Waals surface area contributed by atoms with Gasteiger partial charge in [-0.2, -0.15) is 5.10 Å². The molecule has 0 amide bonds. The fourth-order valence-electron chi connectivity index (χ4n) is 2.26. The SMILES string of the molecule is CNC(Cc1c(Cl)cccc1Cl)c1cn(C)nc1C. The van der Waals surface area contributed by atoms with Gasteiger partial charge in [0.05, 0.1) is 5.69 Å². The van der Waals surface area contributed by atoms with Crippen molar-refractivity contribution in [3.05, 3.63) is 51.3 Å². The van der Waals surface area contributed by atoms with E-state index in [1.165, 1.54) is 5.56 Å². The Hall–Kier alpha value is -1.03. The van der Waals surface area contributed by atoms with E-state index in [1.54, 1.807) is 0 Å². The summed E-state index contributed by atoms with van der Waals surface area (Å²) in [6.45, 7) is 2.01. The van der Waals surface area contributed by atoms with E-state index in [0.29, 0.717) is 10.0 Å². The number of halogens is 2. The molecule has 3 nitrogen and oxygen atoms in total. The first-order valence-electron chi connectivity index (χ1n) is 6.13. The Morgan fingerprint density at radius 3 is 2.42 bits per heavy atom. The topological polar surface area (TPSA) is 29.9 Å². The van der Waals surface area contributed by atoms with Gasteiger partial charge in [0.25, 0.3) is 0 Å². The highest BCUT2D eigenvalue weighted by Gasteiger charge is 2.18. The maximum Gasteiger partial charge on any atom is 0.0641 e. The molecule has 0 saturated carbocycles. The predicted molar refractivity (Wildman–Crippen MR) is 79.9 cm³/mol. The summed E-state index contributed by atoms with van der Waals surface area (Å²) < 4.78 is 1.82. The zero-order chi connectivity index (χ0) is 14.0. The van der Waals surface area contributed by atoms with Crippen LogP contribution in [0.2, 0.25) is 10.0 Å². The molecule has 0 bridgehead atoms. The molecule has 1 heterocycles. The van der Waals surface area contributed by atoms with Crippen molar-refractivity contribution in [2.75, 3.05) is 7.05 Å². The Balaban J connectivity index is 2.32. The standard InChI is InChI=1S/C14H17Cl2N3/c1-9-11(8-19(3)18-9)14(17-2)7-10-12(15)5-4-6-13(10)16/h4-6,8,14,17H,7H2,1-3H3. The largest absolute Gasteiger partial charge is 0.313 e. The molecule has 0 aliphatic rings. The minimum absolute atomic E-state index is 0.145. The number of benzene rings is 1. The summed E-state index contributed by atoms with van der Waals surface area (Å²) in [5.74, 6) is 0. The van der Waals surface area contributed by atoms with E-state index in [9.17, 15) is 0 Å². The van der Waals surface area contributed by atoms with Gasteiger partial charge in [-0.1, -0.05) is 29.3 Å². The molecule has 0 aliphatic heterocycles. The molecular formula is C14H17Cl2N3. The molecule has 0 spiro atoms. The highest BCUT2D eigenvalue weighted by molar-refractivity contribution is 6.36. The fraction of sp³-hybridized carbons (Fsp3) is 0.357. The number of rotatable bonds is 4. The summed E-state index contributed by atoms with van der Waals surface area (Å²) in [6.07, 6.45) is 2.77. The molecule has 19 heavy (non-hydrogen) atoms. The Morgan fingerprint density at radius 1 is 1.32 bits per heavy atom. The van der Waals surface area contributed by atoms with Crippen molar-refractivity contribution < 1.29 is 0 Å². The summed E-state index contributed by atoms with van der Waals surface area (Å²) in [7, 11) is 3.85. The second-order valence-corrected chi connectivity index (χ2v) is 5.40. The molecule has 1 aromatic carbocycles. The van der Waals surface area contributed by atoms with Gasteiger partial charge >= 0.3 is 0 Å². The Kier molecular flexibility index (Phi) is 4.50. The van der Waals surface area contributed by atoms with Crippen molar-refractivity contribution in [1.82, 2.24) is 15.1 Å². The van der Waals surface area contributed by atoms with E-state index in [0.717, 1.165) is 17.7 Å². The van der Waals surface area contributed by atoms with Crippen LogP contribution in [0.4, 0.5) is 0 Å². The minimum atomic E-state index is 0.145. The number of aryl methyl sites for hydroxylation is 2. The number of nitrogens with one attached hydrogen (secondary N) is 1. The molecule has 5 heteroatoms. The van der Waals surface area contributed by atoms with Gasteiger partial charge in [-0.3, -0.25) is 4.68 Å². The first-order valence-corrected chi connectivity index (χ1v) is 6.88. The second-order valence-electron chi connectivity index (χ2n) is 4.59. The Morgan fingerprint density at radius 2 is 1.95 bits per heavy atom. The zero-order valence-corrected chi connectivity index (χ0v) is 12.8. The number of likely N-dealkylation sites (N-methyl/N-ethyl adjacent to an activating group) is 1. The van der Waals surface area contributed by atoms with Crippen LogP contribution >= 0.6 is 23.2 Å². The monoisotopic (exact) mass is 297 g/mol. The highest BCUT2D eigenvalue weighted by Crippen LogP contribution is 2.29. The van der Waals surface area contributed by atoms with E-state index in [-0.39, 0.29) is 6.04 Å². The van der Waals surface area contributed by atoms with Crippen LogP contribution < -0.4 is 5.32 Å². The summed E-state index contributed by atoms with van der Waals surface area (Å²) in [5, 5.41) is 9.09. The Labute approximate surface area is 123 Å². The second kappa shape index (κ2) is 5.95. The van der Waals surface area contributed by atoms with Crippen molar-refractivity contribution in [1.29, 1.82) is 0 Å². The molecule has 1 atom stereocenters. The average molecular weight is 298 g/mol. The van der Waals surface area contributed by atoms with Crippen LogP contribution in [0.5, 0.6) is 0 Å². The number of hydrogen-bond donors (Lipinski definition) is 1. The van der Waals surface area contributed by atoms with Gasteiger partial charge in [0.1, 0.15) is 0 Å². The highest BCUT2D eigenvalue weighted by atomic mass is 35.5. The molecule has 1 unspecified atom stereocenters. The minimum Gasteiger partial charge on any atom is -0.313 e. The van der Waals surface area contributed by atoms with Crippen LogP contribution in [-0.4, -0.2) is 16.8 Å². The fourth-order valence-corrected chi connectivity index (χ4v) is 2.81. The van der Waals surface area contributed by atoms with Crippen LogP contribution in [-0.2, 0) is 13.5 Å². The first-order chi connectivity index (χ1) is 9.02. The molecule has 0 radical (unpaired) electrons. The van der Waals surface area contributed by atoms with Gasteiger partial charge in [0.15, 0.2) is 0 Å². The van der Waals surface area contributed by atoms with E-state index in [1.807, 2.05) is 50.1 Å². The third-order valence-electron chi connectivity index (χ3n) is 3.25. The third-order valence-corrected chi connectivity index (χ3v) is 3.95. The lowest BCUT2D eigenvalue weighted by Gasteiger charge is -2.17. The normalized spacial score (nSPS) is 12.7. The van der Waals surface area contributed by atoms with Crippen molar-refractivity contribution in [3.8, 4) is 0 Å². The maximum absolute atomic E-state index is 6.23. The Bertz CT molecular complexity index is 558. The van der Waals surface area contributed by atoms with Crippen LogP contribution in [0.3, 0.4) is 0 Å². The van der Waals surface area contributed by atoms with Crippen LogP contribution in [0.25, 0.3) is 0 Å². The van der Waals surface area contributed by atoms with Crippen LogP contribution in [0.15, 0.2) is 24.4 Å². The van der Waals surface area contributed by atoms with Gasteiger partial charge in [-0.25, -0.2) is 0 Å². The van der Waals surface area contributed by atoms with Crippen molar-refractivity contribution in [2.24, 2.45) is 7.05 Å². The number of aromatic nitrogens is 2. The van der Waals surface area contributed by atoms with E-state index >= 15 is 0 Å². The molecule has 0 fully saturated rings. The van der Waals surface area contributed by atoms with Gasteiger partial charge in [0, 0.05) is 34.9 Å². The van der Waals surface area contributed by atoms with E-state index < -0.39 is 0 Å². The van der Waals surface area contributed by atoms with E-state index in [2.05, 4.69) is 10.4 Å². The van der Waals surface area contributed by atoms with E-state index in [4.69, 9.17) is 23.2 Å². The lowest BCUT2D eigenvalue weighted by Crippen LogP contribution is -2.19. The molecule has 0 aliphatic carbocycles. The van der Waals surface area contributed by atoms with Crippen LogP contribution in [0, 0.1) is 6.92 Å². The molecule has 1 N–H and O–H groups in total.